The SMILES string of the molecule is Cc1cnc2ccc(-c3c(-c4ccc(F)cc4)ncn3C3CCC3)cn12.NC=O. The smallest absolute Gasteiger partial charge is 0.204 e. The molecule has 0 unspecified atom stereocenters. The number of hydrogen-bond donors (Lipinski definition) is 1. The molecule has 0 saturated heterocycles. The molecular formula is C22H22FN5O. The van der Waals surface area contributed by atoms with Crippen molar-refractivity contribution in [3.63, 3.8) is 0 Å². The second-order valence-corrected chi connectivity index (χ2v) is 7.12. The van der Waals surface area contributed by atoms with Crippen LogP contribution in [0.3, 0.4) is 0 Å². The quantitative estimate of drug-likeness (QED) is 0.533. The number of hydrogen-bond acceptors (Lipinski definition) is 3. The highest BCUT2D eigenvalue weighted by Gasteiger charge is 2.25. The summed E-state index contributed by atoms with van der Waals surface area (Å²) in [4.78, 5) is 17.7. The van der Waals surface area contributed by atoms with E-state index in [0.717, 1.165) is 33.9 Å². The highest BCUT2D eigenvalue weighted by molar-refractivity contribution is 5.79. The van der Waals surface area contributed by atoms with E-state index in [1.807, 2.05) is 25.5 Å². The minimum atomic E-state index is -0.232. The molecule has 1 fully saturated rings. The lowest BCUT2D eigenvalue weighted by Crippen LogP contribution is -2.17. The molecule has 3 aromatic heterocycles. The zero-order valence-corrected chi connectivity index (χ0v) is 16.1. The Morgan fingerprint density at radius 2 is 1.79 bits per heavy atom. The van der Waals surface area contributed by atoms with Crippen LogP contribution in [0.1, 0.15) is 31.0 Å². The van der Waals surface area contributed by atoms with E-state index in [0.29, 0.717) is 6.04 Å². The second kappa shape index (κ2) is 7.87. The van der Waals surface area contributed by atoms with Crippen molar-refractivity contribution >= 4 is 12.1 Å². The molecular weight excluding hydrogens is 369 g/mol. The molecule has 1 aliphatic carbocycles. The van der Waals surface area contributed by atoms with Gasteiger partial charge in [0, 0.05) is 35.3 Å². The van der Waals surface area contributed by atoms with E-state index < -0.39 is 0 Å². The number of primary amides is 1. The van der Waals surface area contributed by atoms with Gasteiger partial charge in [0.15, 0.2) is 0 Å². The molecule has 4 aromatic rings. The Labute approximate surface area is 167 Å². The summed E-state index contributed by atoms with van der Waals surface area (Å²) in [5, 5.41) is 0. The summed E-state index contributed by atoms with van der Waals surface area (Å²) in [6.07, 6.45) is 9.80. The van der Waals surface area contributed by atoms with Gasteiger partial charge in [-0.15, -0.1) is 0 Å². The lowest BCUT2D eigenvalue weighted by Gasteiger charge is -2.28. The van der Waals surface area contributed by atoms with Gasteiger partial charge in [-0.2, -0.15) is 0 Å². The molecule has 0 radical (unpaired) electrons. The average Bonchev–Trinajstić information content (AvgIpc) is 3.26. The normalized spacial score (nSPS) is 13.6. The minimum Gasteiger partial charge on any atom is -0.372 e. The molecule has 0 atom stereocenters. The third kappa shape index (κ3) is 3.51. The van der Waals surface area contributed by atoms with E-state index in [-0.39, 0.29) is 12.2 Å². The number of halogens is 1. The number of aromatic nitrogens is 4. The highest BCUT2D eigenvalue weighted by atomic mass is 19.1. The van der Waals surface area contributed by atoms with Crippen molar-refractivity contribution in [2.45, 2.75) is 32.2 Å². The van der Waals surface area contributed by atoms with E-state index in [1.165, 1.54) is 31.4 Å². The fourth-order valence-corrected chi connectivity index (χ4v) is 3.65. The topological polar surface area (TPSA) is 78.2 Å². The van der Waals surface area contributed by atoms with E-state index in [2.05, 4.69) is 31.9 Å². The maximum atomic E-state index is 13.4. The summed E-state index contributed by atoms with van der Waals surface area (Å²) in [7, 11) is 0. The lowest BCUT2D eigenvalue weighted by atomic mass is 9.92. The number of imidazole rings is 2. The Morgan fingerprint density at radius 1 is 1.10 bits per heavy atom. The van der Waals surface area contributed by atoms with Crippen LogP contribution in [-0.4, -0.2) is 25.3 Å². The number of nitrogens with two attached hydrogens (primary N) is 1. The number of rotatable bonds is 3. The molecule has 1 saturated carbocycles. The molecule has 1 aliphatic rings. The van der Waals surface area contributed by atoms with Crippen molar-refractivity contribution in [2.24, 2.45) is 5.73 Å². The van der Waals surface area contributed by atoms with Gasteiger partial charge >= 0.3 is 0 Å². The Bertz CT molecular complexity index is 1140. The van der Waals surface area contributed by atoms with Gasteiger partial charge in [-0.05, 0) is 62.6 Å². The largest absolute Gasteiger partial charge is 0.372 e. The number of amides is 1. The molecule has 2 N–H and O–H groups in total. The summed E-state index contributed by atoms with van der Waals surface area (Å²) in [5.74, 6) is -0.232. The molecule has 1 aromatic carbocycles. The molecule has 0 bridgehead atoms. The predicted molar refractivity (Wildman–Crippen MR) is 110 cm³/mol. The summed E-state index contributed by atoms with van der Waals surface area (Å²) in [6, 6.07) is 11.2. The first kappa shape index (κ1) is 18.9. The van der Waals surface area contributed by atoms with E-state index in [4.69, 9.17) is 9.78 Å². The van der Waals surface area contributed by atoms with Gasteiger partial charge in [0.05, 0.1) is 17.7 Å². The van der Waals surface area contributed by atoms with Crippen molar-refractivity contribution in [1.29, 1.82) is 0 Å². The van der Waals surface area contributed by atoms with E-state index in [9.17, 15) is 4.39 Å². The van der Waals surface area contributed by atoms with Crippen LogP contribution >= 0.6 is 0 Å². The Morgan fingerprint density at radius 3 is 2.45 bits per heavy atom. The molecule has 7 heteroatoms. The van der Waals surface area contributed by atoms with Gasteiger partial charge in [-0.3, -0.25) is 4.79 Å². The maximum absolute atomic E-state index is 13.4. The van der Waals surface area contributed by atoms with Gasteiger partial charge in [-0.1, -0.05) is 0 Å². The first-order chi connectivity index (χ1) is 14.1. The molecule has 0 spiro atoms. The van der Waals surface area contributed by atoms with Crippen LogP contribution in [0.4, 0.5) is 4.39 Å². The lowest BCUT2D eigenvalue weighted by molar-refractivity contribution is -0.106. The third-order valence-corrected chi connectivity index (χ3v) is 5.34. The Kier molecular flexibility index (Phi) is 5.12. The van der Waals surface area contributed by atoms with Crippen LogP contribution in [0.5, 0.6) is 0 Å². The van der Waals surface area contributed by atoms with Gasteiger partial charge in [0.1, 0.15) is 11.5 Å². The zero-order chi connectivity index (χ0) is 20.4. The Balaban J connectivity index is 0.000000645. The van der Waals surface area contributed by atoms with Gasteiger partial charge in [0.2, 0.25) is 6.41 Å². The first-order valence-corrected chi connectivity index (χ1v) is 9.54. The number of fused-ring (bicyclic) bond motifs is 1. The summed E-state index contributed by atoms with van der Waals surface area (Å²) in [6.45, 7) is 2.05. The van der Waals surface area contributed by atoms with Crippen molar-refractivity contribution in [1.82, 2.24) is 18.9 Å². The third-order valence-electron chi connectivity index (χ3n) is 5.34. The van der Waals surface area contributed by atoms with E-state index >= 15 is 0 Å². The molecule has 29 heavy (non-hydrogen) atoms. The molecule has 148 valence electrons. The fourth-order valence-electron chi connectivity index (χ4n) is 3.65. The zero-order valence-electron chi connectivity index (χ0n) is 16.1. The fraction of sp³-hybridized carbons (Fsp3) is 0.227. The van der Waals surface area contributed by atoms with Crippen molar-refractivity contribution in [2.75, 3.05) is 0 Å². The summed E-state index contributed by atoms with van der Waals surface area (Å²) < 4.78 is 17.8. The van der Waals surface area contributed by atoms with E-state index in [1.54, 1.807) is 12.1 Å². The van der Waals surface area contributed by atoms with Crippen LogP contribution in [0, 0.1) is 12.7 Å². The molecule has 3 heterocycles. The van der Waals surface area contributed by atoms with Gasteiger partial charge in [-0.25, -0.2) is 14.4 Å². The monoisotopic (exact) mass is 391 g/mol. The second-order valence-electron chi connectivity index (χ2n) is 7.12. The number of aryl methyl sites for hydroxylation is 1. The molecule has 1 amide bonds. The predicted octanol–water partition coefficient (Wildman–Crippen LogP) is 4.14. The first-order valence-electron chi connectivity index (χ1n) is 9.54. The summed E-state index contributed by atoms with van der Waals surface area (Å²) >= 11 is 0. The van der Waals surface area contributed by atoms with Crippen LogP contribution in [-0.2, 0) is 4.79 Å². The highest BCUT2D eigenvalue weighted by Crippen LogP contribution is 2.39. The number of nitrogens with zero attached hydrogens (tertiary/aromatic N) is 4. The number of benzene rings is 1. The van der Waals surface area contributed by atoms with Crippen molar-refractivity contribution < 1.29 is 9.18 Å². The summed E-state index contributed by atoms with van der Waals surface area (Å²) in [5.41, 5.74) is 10.2. The molecule has 6 nitrogen and oxygen atoms in total. The molecule has 0 aliphatic heterocycles. The molecule has 5 rings (SSSR count). The Hall–Kier alpha value is -3.48. The van der Waals surface area contributed by atoms with Crippen LogP contribution in [0.2, 0.25) is 0 Å². The maximum Gasteiger partial charge on any atom is 0.204 e. The average molecular weight is 391 g/mol. The minimum absolute atomic E-state index is 0.232. The van der Waals surface area contributed by atoms with Gasteiger partial charge < -0.3 is 14.7 Å². The van der Waals surface area contributed by atoms with Crippen molar-refractivity contribution in [3.05, 3.63) is 66.6 Å². The number of carbonyl (C=O) groups is 1. The van der Waals surface area contributed by atoms with Gasteiger partial charge in [0.25, 0.3) is 0 Å². The van der Waals surface area contributed by atoms with Crippen LogP contribution in [0.25, 0.3) is 28.2 Å². The van der Waals surface area contributed by atoms with Crippen LogP contribution < -0.4 is 5.73 Å². The number of carbonyl (C=O) groups excluding carboxylic acids is 1. The number of pyridine rings is 1. The van der Waals surface area contributed by atoms with Crippen LogP contribution in [0.15, 0.2) is 55.1 Å². The standard InChI is InChI=1S/C21H19FN4.CH3NO/c1-14-11-23-19-10-7-16(12-25(14)19)21-20(15-5-8-17(22)9-6-15)24-13-26(21)18-3-2-4-18;2-1-3/h5-13,18H,2-4H2,1H3;1H,(H2,2,3). The van der Waals surface area contributed by atoms with Crippen molar-refractivity contribution in [3.8, 4) is 22.5 Å².